The number of para-hydroxylation sites is 1. The van der Waals surface area contributed by atoms with Gasteiger partial charge in [-0.1, -0.05) is 54.1 Å². The summed E-state index contributed by atoms with van der Waals surface area (Å²) in [6.07, 6.45) is 3.47. The third kappa shape index (κ3) is 4.32. The Bertz CT molecular complexity index is 1240. The van der Waals surface area contributed by atoms with Gasteiger partial charge in [0, 0.05) is 48.1 Å². The standard InChI is InChI=1S/C27H23ClN2O2/c28-23-7-1-5-22(18-23)19-9-11-21(12-10-19)27(31)30-16-13-24(14-17-30)32-25-8-2-4-20-6-3-15-29-26(20)25/h1-12,15,18,24H,13-14,16-17H2. The molecule has 4 nitrogen and oxygen atoms in total. The first-order valence-electron chi connectivity index (χ1n) is 10.8. The van der Waals surface area contributed by atoms with Crippen molar-refractivity contribution in [3.8, 4) is 16.9 Å². The maximum absolute atomic E-state index is 13.0. The van der Waals surface area contributed by atoms with Gasteiger partial charge in [0.15, 0.2) is 0 Å². The number of piperidine rings is 1. The molecule has 0 atom stereocenters. The topological polar surface area (TPSA) is 42.4 Å². The number of halogens is 1. The number of pyridine rings is 1. The van der Waals surface area contributed by atoms with Crippen LogP contribution in [0.15, 0.2) is 85.1 Å². The minimum Gasteiger partial charge on any atom is -0.488 e. The Morgan fingerprint density at radius 2 is 1.66 bits per heavy atom. The molecule has 1 fully saturated rings. The number of ether oxygens (including phenoxy) is 1. The molecule has 0 radical (unpaired) electrons. The first-order valence-corrected chi connectivity index (χ1v) is 11.2. The second-order valence-electron chi connectivity index (χ2n) is 8.03. The second-order valence-corrected chi connectivity index (χ2v) is 8.46. The molecule has 160 valence electrons. The summed E-state index contributed by atoms with van der Waals surface area (Å²) in [5.41, 5.74) is 3.67. The van der Waals surface area contributed by atoms with Gasteiger partial charge in [-0.2, -0.15) is 0 Å². The first-order chi connectivity index (χ1) is 15.7. The predicted octanol–water partition coefficient (Wildman–Crippen LogP) is 6.24. The second kappa shape index (κ2) is 9.01. The molecule has 1 aliphatic rings. The van der Waals surface area contributed by atoms with E-state index in [-0.39, 0.29) is 12.0 Å². The van der Waals surface area contributed by atoms with Crippen molar-refractivity contribution in [3.05, 3.63) is 95.6 Å². The van der Waals surface area contributed by atoms with Gasteiger partial charge in [-0.15, -0.1) is 0 Å². The van der Waals surface area contributed by atoms with Gasteiger partial charge in [-0.25, -0.2) is 0 Å². The Balaban J connectivity index is 1.22. The zero-order valence-corrected chi connectivity index (χ0v) is 18.3. The fraction of sp³-hybridized carbons (Fsp3) is 0.185. The molecule has 0 bridgehead atoms. The highest BCUT2D eigenvalue weighted by atomic mass is 35.5. The van der Waals surface area contributed by atoms with Crippen LogP contribution in [0.25, 0.3) is 22.0 Å². The van der Waals surface area contributed by atoms with Crippen molar-refractivity contribution in [2.45, 2.75) is 18.9 Å². The number of fused-ring (bicyclic) bond motifs is 1. The SMILES string of the molecule is O=C(c1ccc(-c2cccc(Cl)c2)cc1)N1CCC(Oc2cccc3cccnc23)CC1. The number of rotatable bonds is 4. The zero-order chi connectivity index (χ0) is 21.9. The van der Waals surface area contributed by atoms with E-state index < -0.39 is 0 Å². The van der Waals surface area contributed by atoms with E-state index in [1.54, 1.807) is 6.20 Å². The van der Waals surface area contributed by atoms with Crippen molar-refractivity contribution in [2.75, 3.05) is 13.1 Å². The van der Waals surface area contributed by atoms with E-state index in [1.165, 1.54) is 0 Å². The Hall–Kier alpha value is -3.37. The van der Waals surface area contributed by atoms with E-state index in [4.69, 9.17) is 16.3 Å². The summed E-state index contributed by atoms with van der Waals surface area (Å²) in [7, 11) is 0. The summed E-state index contributed by atoms with van der Waals surface area (Å²) in [6, 6.07) is 25.4. The molecular weight excluding hydrogens is 420 g/mol. The predicted molar refractivity (Wildman–Crippen MR) is 128 cm³/mol. The Labute approximate surface area is 192 Å². The van der Waals surface area contributed by atoms with E-state index in [1.807, 2.05) is 83.8 Å². The van der Waals surface area contributed by atoms with E-state index in [9.17, 15) is 4.79 Å². The number of carbonyl (C=O) groups excluding carboxylic acids is 1. The normalized spacial score (nSPS) is 14.5. The molecule has 0 spiro atoms. The van der Waals surface area contributed by atoms with Gasteiger partial charge in [0.05, 0.1) is 0 Å². The molecule has 1 saturated heterocycles. The summed E-state index contributed by atoms with van der Waals surface area (Å²) < 4.78 is 6.27. The van der Waals surface area contributed by atoms with Crippen LogP contribution in [0.4, 0.5) is 0 Å². The summed E-state index contributed by atoms with van der Waals surface area (Å²) >= 11 is 6.09. The fourth-order valence-electron chi connectivity index (χ4n) is 4.18. The largest absolute Gasteiger partial charge is 0.488 e. The van der Waals surface area contributed by atoms with Crippen LogP contribution in [0.2, 0.25) is 5.02 Å². The summed E-state index contributed by atoms with van der Waals surface area (Å²) in [6.45, 7) is 1.36. The molecule has 0 unspecified atom stereocenters. The summed E-state index contributed by atoms with van der Waals surface area (Å²) in [5.74, 6) is 0.873. The minimum atomic E-state index is 0.0629. The number of benzene rings is 3. The number of carbonyl (C=O) groups is 1. The smallest absolute Gasteiger partial charge is 0.253 e. The van der Waals surface area contributed by atoms with Crippen molar-refractivity contribution in [2.24, 2.45) is 0 Å². The highest BCUT2D eigenvalue weighted by molar-refractivity contribution is 6.30. The van der Waals surface area contributed by atoms with Gasteiger partial charge in [0.25, 0.3) is 5.91 Å². The van der Waals surface area contributed by atoms with Crippen LogP contribution in [0.1, 0.15) is 23.2 Å². The lowest BCUT2D eigenvalue weighted by Crippen LogP contribution is -2.41. The Morgan fingerprint density at radius 1 is 0.906 bits per heavy atom. The fourth-order valence-corrected chi connectivity index (χ4v) is 4.37. The Kier molecular flexibility index (Phi) is 5.78. The molecule has 4 aromatic rings. The highest BCUT2D eigenvalue weighted by Crippen LogP contribution is 2.27. The molecule has 2 heterocycles. The minimum absolute atomic E-state index is 0.0629. The molecule has 0 saturated carbocycles. The average Bonchev–Trinajstić information content (AvgIpc) is 2.84. The maximum atomic E-state index is 13.0. The van der Waals surface area contributed by atoms with E-state index in [0.717, 1.165) is 40.6 Å². The van der Waals surface area contributed by atoms with Crippen molar-refractivity contribution >= 4 is 28.4 Å². The van der Waals surface area contributed by atoms with Crippen LogP contribution < -0.4 is 4.74 Å². The lowest BCUT2D eigenvalue weighted by molar-refractivity contribution is 0.0597. The molecule has 1 amide bonds. The number of likely N-dealkylation sites (tertiary alicyclic amines) is 1. The average molecular weight is 443 g/mol. The van der Waals surface area contributed by atoms with Gasteiger partial charge in [-0.3, -0.25) is 9.78 Å². The van der Waals surface area contributed by atoms with Crippen LogP contribution in [0.5, 0.6) is 5.75 Å². The van der Waals surface area contributed by atoms with Gasteiger partial charge >= 0.3 is 0 Å². The van der Waals surface area contributed by atoms with Crippen LogP contribution in [0, 0.1) is 0 Å². The molecular formula is C27H23ClN2O2. The van der Waals surface area contributed by atoms with Crippen LogP contribution in [-0.2, 0) is 0 Å². The van der Waals surface area contributed by atoms with Crippen LogP contribution >= 0.6 is 11.6 Å². The van der Waals surface area contributed by atoms with Crippen molar-refractivity contribution in [3.63, 3.8) is 0 Å². The molecule has 0 aliphatic carbocycles. The van der Waals surface area contributed by atoms with Crippen molar-refractivity contribution < 1.29 is 9.53 Å². The highest BCUT2D eigenvalue weighted by Gasteiger charge is 2.25. The van der Waals surface area contributed by atoms with Crippen LogP contribution in [-0.4, -0.2) is 35.0 Å². The third-order valence-corrected chi connectivity index (χ3v) is 6.14. The number of aromatic nitrogens is 1. The molecule has 1 aromatic heterocycles. The summed E-state index contributed by atoms with van der Waals surface area (Å²) in [4.78, 5) is 19.4. The molecule has 0 N–H and O–H groups in total. The van der Waals surface area contributed by atoms with Gasteiger partial charge in [-0.05, 0) is 47.5 Å². The lowest BCUT2D eigenvalue weighted by Gasteiger charge is -2.32. The first kappa shape index (κ1) is 20.5. The number of nitrogens with zero attached hydrogens (tertiary/aromatic N) is 2. The monoisotopic (exact) mass is 442 g/mol. The number of amides is 1. The third-order valence-electron chi connectivity index (χ3n) is 5.91. The molecule has 5 rings (SSSR count). The molecule has 5 heteroatoms. The van der Waals surface area contributed by atoms with Crippen molar-refractivity contribution in [1.29, 1.82) is 0 Å². The van der Waals surface area contributed by atoms with E-state index in [2.05, 4.69) is 4.98 Å². The molecule has 32 heavy (non-hydrogen) atoms. The van der Waals surface area contributed by atoms with Crippen molar-refractivity contribution in [1.82, 2.24) is 9.88 Å². The zero-order valence-electron chi connectivity index (χ0n) is 17.6. The van der Waals surface area contributed by atoms with E-state index >= 15 is 0 Å². The van der Waals surface area contributed by atoms with Gasteiger partial charge < -0.3 is 9.64 Å². The Morgan fingerprint density at radius 3 is 2.44 bits per heavy atom. The van der Waals surface area contributed by atoms with E-state index in [0.29, 0.717) is 23.7 Å². The van der Waals surface area contributed by atoms with Crippen LogP contribution in [0.3, 0.4) is 0 Å². The van der Waals surface area contributed by atoms with Gasteiger partial charge in [0.1, 0.15) is 17.4 Å². The number of hydrogen-bond acceptors (Lipinski definition) is 3. The number of hydrogen-bond donors (Lipinski definition) is 0. The quantitative estimate of drug-likeness (QED) is 0.375. The van der Waals surface area contributed by atoms with Gasteiger partial charge in [0.2, 0.25) is 0 Å². The summed E-state index contributed by atoms with van der Waals surface area (Å²) in [5, 5.41) is 1.77. The molecule has 3 aromatic carbocycles. The maximum Gasteiger partial charge on any atom is 0.253 e. The lowest BCUT2D eigenvalue weighted by atomic mass is 10.0. The molecule has 1 aliphatic heterocycles.